The van der Waals surface area contributed by atoms with Gasteiger partial charge in [0.15, 0.2) is 0 Å². The largest absolute Gasteiger partial charge is 0.376 e. The molecule has 126 heavy (non-hydrogen) atoms. The zero-order valence-electron chi connectivity index (χ0n) is 93.1. The van der Waals surface area contributed by atoms with Gasteiger partial charge in [0.2, 0.25) is 0 Å². The highest BCUT2D eigenvalue weighted by Gasteiger charge is 2.45. The van der Waals surface area contributed by atoms with Crippen LogP contribution >= 0.6 is 0 Å². The number of hydrogen-bond donors (Lipinski definition) is 1. The van der Waals surface area contributed by atoms with Crippen molar-refractivity contribution in [1.29, 1.82) is 0 Å². The van der Waals surface area contributed by atoms with Gasteiger partial charge in [-0.3, -0.25) is 4.90 Å². The Morgan fingerprint density at radius 2 is 0.659 bits per heavy atom. The SMILES string of the molecule is CCN1CCC(OC(C)(C)C)CC1.CCN1CCCC(COC(C)(C)C)C1.CN(C)CCCNC(C)(C)C.CN1C(C)(C)CC(OC(C)(C)C)CC1(C)C.CN1CC(OC(C)(C)C)C1.CN1CCC(COC(C)(C)C)CC1.CN1CCC(OC(C)(C)C)C1.CN1CCC(OC(C)(C)C)CC1.CN1CCCC(COC(C)(C)C)C1.CN1CCCCC1COC(C)(C)C. The summed E-state index contributed by atoms with van der Waals surface area (Å²) in [6.45, 7) is 104. The molecule has 20 nitrogen and oxygen atoms in total. The molecule has 9 heterocycles. The Hall–Kier alpha value is -0.800. The van der Waals surface area contributed by atoms with Gasteiger partial charge in [0.1, 0.15) is 0 Å². The van der Waals surface area contributed by atoms with Crippen molar-refractivity contribution >= 4 is 0 Å². The number of likely N-dealkylation sites (N-methyl/N-ethyl adjacent to an activating group) is 3. The zero-order valence-corrected chi connectivity index (χ0v) is 93.1. The van der Waals surface area contributed by atoms with Gasteiger partial charge < -0.3 is 92.0 Å². The fourth-order valence-corrected chi connectivity index (χ4v) is 16.9. The second kappa shape index (κ2) is 59.4. The van der Waals surface area contributed by atoms with Crippen LogP contribution < -0.4 is 5.32 Å². The minimum Gasteiger partial charge on any atom is -0.376 e. The van der Waals surface area contributed by atoms with Gasteiger partial charge in [-0.15, -0.1) is 0 Å². The Morgan fingerprint density at radius 3 is 1.03 bits per heavy atom. The molecule has 0 amide bonds. The molecule has 0 aliphatic carbocycles. The predicted molar refractivity (Wildman–Crippen MR) is 545 cm³/mol. The molecule has 0 radical (unpaired) electrons. The number of nitrogens with one attached hydrogen (secondary N) is 1. The van der Waals surface area contributed by atoms with E-state index in [0.717, 1.165) is 83.2 Å². The summed E-state index contributed by atoms with van der Waals surface area (Å²) in [5, 5.41) is 3.45. The minimum absolute atomic E-state index is 0.0122. The highest BCUT2D eigenvalue weighted by atomic mass is 16.5. The normalized spacial score (nSPS) is 23.8. The summed E-state index contributed by atoms with van der Waals surface area (Å²) in [5.74, 6) is 2.29. The number of nitrogens with zero attached hydrogens (tertiary/aromatic N) is 10. The van der Waals surface area contributed by atoms with Crippen LogP contribution in [0.3, 0.4) is 0 Å². The minimum atomic E-state index is -0.0350. The molecule has 9 aliphatic heterocycles. The lowest BCUT2D eigenvalue weighted by Crippen LogP contribution is -2.60. The van der Waals surface area contributed by atoms with Crippen molar-refractivity contribution in [2.45, 2.75) is 462 Å². The van der Waals surface area contributed by atoms with Crippen LogP contribution in [0.2, 0.25) is 0 Å². The van der Waals surface area contributed by atoms with Crippen LogP contribution in [0.5, 0.6) is 0 Å². The van der Waals surface area contributed by atoms with Crippen LogP contribution in [0.15, 0.2) is 0 Å². The van der Waals surface area contributed by atoms with Crippen LogP contribution in [0.1, 0.15) is 358 Å². The molecule has 0 aromatic heterocycles. The lowest BCUT2D eigenvalue weighted by atomic mass is 9.78. The van der Waals surface area contributed by atoms with E-state index >= 15 is 0 Å². The summed E-state index contributed by atoms with van der Waals surface area (Å²) >= 11 is 0. The van der Waals surface area contributed by atoms with E-state index < -0.39 is 0 Å². The van der Waals surface area contributed by atoms with Crippen molar-refractivity contribution in [2.24, 2.45) is 17.8 Å². The van der Waals surface area contributed by atoms with E-state index in [2.05, 4.69) is 367 Å². The smallest absolute Gasteiger partial charge is 0.0835 e. The average Bonchev–Trinajstić information content (AvgIpc) is 0.942. The molecule has 9 saturated heterocycles. The lowest BCUT2D eigenvalue weighted by Gasteiger charge is -2.54. The van der Waals surface area contributed by atoms with Crippen molar-refractivity contribution in [3.05, 3.63) is 0 Å². The van der Waals surface area contributed by atoms with Gasteiger partial charge in [-0.05, 0) is 478 Å². The Balaban J connectivity index is 0.00000138. The molecule has 9 rings (SSSR count). The Morgan fingerprint density at radius 1 is 0.310 bits per heavy atom. The van der Waals surface area contributed by atoms with Crippen LogP contribution in [-0.2, 0) is 42.6 Å². The van der Waals surface area contributed by atoms with Gasteiger partial charge in [0.05, 0.1) is 107 Å². The molecule has 1 N–H and O–H groups in total. The number of hydrogen-bond acceptors (Lipinski definition) is 20. The monoisotopic (exact) mass is 1800 g/mol. The van der Waals surface area contributed by atoms with Gasteiger partial charge in [-0.2, -0.15) is 0 Å². The van der Waals surface area contributed by atoms with Crippen molar-refractivity contribution in [3.8, 4) is 0 Å². The first kappa shape index (κ1) is 125. The summed E-state index contributed by atoms with van der Waals surface area (Å²) in [7, 11) is 19.5. The molecule has 0 bridgehead atoms. The van der Waals surface area contributed by atoms with Gasteiger partial charge >= 0.3 is 0 Å². The summed E-state index contributed by atoms with van der Waals surface area (Å²) in [5.41, 5.74) is 0.877. The first-order valence-electron chi connectivity index (χ1n) is 50.9. The highest BCUT2D eigenvalue weighted by molar-refractivity contribution is 5.00. The molecule has 0 saturated carbocycles. The molecular formula is C106H225N11O9. The molecule has 4 unspecified atom stereocenters. The fourth-order valence-electron chi connectivity index (χ4n) is 16.9. The quantitative estimate of drug-likeness (QED) is 0.123. The third-order valence-corrected chi connectivity index (χ3v) is 23.8. The maximum atomic E-state index is 6.17. The average molecular weight is 1800 g/mol. The lowest BCUT2D eigenvalue weighted by molar-refractivity contribution is -0.136. The summed E-state index contributed by atoms with van der Waals surface area (Å²) < 4.78 is 52.8. The Labute approximate surface area is 786 Å². The number of rotatable bonds is 19. The number of ether oxygens (including phenoxy) is 9. The molecule has 758 valence electrons. The van der Waals surface area contributed by atoms with E-state index in [9.17, 15) is 0 Å². The van der Waals surface area contributed by atoms with E-state index in [-0.39, 0.29) is 67.0 Å². The van der Waals surface area contributed by atoms with E-state index in [1.165, 1.54) is 194 Å². The van der Waals surface area contributed by atoms with Crippen LogP contribution in [0.4, 0.5) is 0 Å². The van der Waals surface area contributed by atoms with Crippen LogP contribution in [0.25, 0.3) is 0 Å². The van der Waals surface area contributed by atoms with Crippen molar-refractivity contribution in [1.82, 2.24) is 54.3 Å². The number of likely N-dealkylation sites (tertiary alicyclic amines) is 9. The van der Waals surface area contributed by atoms with Gasteiger partial charge in [-0.1, -0.05) is 20.3 Å². The van der Waals surface area contributed by atoms with Gasteiger partial charge in [0, 0.05) is 88.1 Å². The van der Waals surface area contributed by atoms with Crippen molar-refractivity contribution < 1.29 is 42.6 Å². The molecule has 9 fully saturated rings. The van der Waals surface area contributed by atoms with E-state index in [0.29, 0.717) is 36.6 Å². The third kappa shape index (κ3) is 71.7. The summed E-state index contributed by atoms with van der Waals surface area (Å²) in [6, 6.07) is 0.646. The van der Waals surface area contributed by atoms with E-state index in [1.54, 1.807) is 0 Å². The molecular weight excluding hydrogens is 1570 g/mol. The summed E-state index contributed by atoms with van der Waals surface area (Å²) in [4.78, 5) is 23.9. The topological polar surface area (TPSA) is 128 Å². The fraction of sp³-hybridized carbons (Fsp3) is 1.00. The number of piperidine rings is 7. The molecule has 0 spiro atoms. The molecule has 9 aliphatic rings. The summed E-state index contributed by atoms with van der Waals surface area (Å²) in [6.07, 6.45) is 23.7. The first-order valence-corrected chi connectivity index (χ1v) is 50.9. The van der Waals surface area contributed by atoms with Gasteiger partial charge in [-0.25, -0.2) is 0 Å². The first-order chi connectivity index (χ1) is 57.2. The van der Waals surface area contributed by atoms with Crippen molar-refractivity contribution in [3.63, 3.8) is 0 Å². The highest BCUT2D eigenvalue weighted by Crippen LogP contribution is 2.40. The van der Waals surface area contributed by atoms with E-state index in [4.69, 9.17) is 42.6 Å². The molecule has 0 aromatic rings. The van der Waals surface area contributed by atoms with Crippen LogP contribution in [0, 0.1) is 17.8 Å². The third-order valence-electron chi connectivity index (χ3n) is 23.8. The maximum absolute atomic E-state index is 6.17. The second-order valence-electron chi connectivity index (χ2n) is 50.6. The van der Waals surface area contributed by atoms with Crippen LogP contribution in [-0.4, -0.2) is 367 Å². The second-order valence-corrected chi connectivity index (χ2v) is 50.6. The molecule has 0 aromatic carbocycles. The molecule has 4 atom stereocenters. The molecule has 20 heteroatoms. The zero-order chi connectivity index (χ0) is 97.3. The standard InChI is InChI=1S/C14H29NO.C12H25NO.4C11H23NO.C10H21NO.C9H22N2.C9H19NO.C8H17NO/c1-12(2,3)16-11-9-13(4,5)15(8)14(6,7)10-11;1-5-13-8-6-7-11(9-13)10-14-12(2,3)4;1-11(2,3)13-9-10-5-7-12(4)8-6-10;1-11(2,3)13-9-10-6-5-7-12(4)8-10;1-11(2,3)13-9-10-7-5-6-8-12(10)4;1-5-12-8-6-10(7-9-12)13-11(2,3)4;1-10(2,3)12-9-5-7-11(4)8-6-9;1-9(2,3)10-7-6-8-11(4)5;1-9(2,3)11-8-5-6-10(4)7-8;1-8(2,3)10-7-5-9(4)6-7/h11H,9-10H2,1-8H3;11H,5-10H2,1-4H3;4*10H,5-9H2,1-4H3;9H,5-8H2,1-4H3;10H,6-8H2,1-5H3;8H,5-7H2,1-4H3;7H,5-6H2,1-4H3. The predicted octanol–water partition coefficient (Wildman–Crippen LogP) is 20.7. The van der Waals surface area contributed by atoms with Crippen molar-refractivity contribution in [2.75, 3.05) is 214 Å². The Bertz CT molecular complexity index is 2630. The maximum Gasteiger partial charge on any atom is 0.0835 e. The Kier molecular flexibility index (Phi) is 59.0. The van der Waals surface area contributed by atoms with E-state index in [1.807, 2.05) is 0 Å². The van der Waals surface area contributed by atoms with Gasteiger partial charge in [0.25, 0.3) is 0 Å².